The van der Waals surface area contributed by atoms with Gasteiger partial charge in [0.05, 0.1) is 5.52 Å². The van der Waals surface area contributed by atoms with Crippen molar-refractivity contribution in [1.29, 1.82) is 0 Å². The molecule has 0 spiro atoms. The van der Waals surface area contributed by atoms with Gasteiger partial charge in [0.1, 0.15) is 11.5 Å². The fourth-order valence-corrected chi connectivity index (χ4v) is 2.51. The SMILES string of the molecule is Cc1nc2c3c(cccc3n1)C(N1CC1)=CC2=O. The van der Waals surface area contributed by atoms with Crippen molar-refractivity contribution < 1.29 is 4.79 Å². The van der Waals surface area contributed by atoms with Crippen molar-refractivity contribution in [1.82, 2.24) is 14.9 Å². The van der Waals surface area contributed by atoms with Crippen LogP contribution in [0.5, 0.6) is 0 Å². The number of hydrogen-bond acceptors (Lipinski definition) is 4. The second-order valence-corrected chi connectivity index (χ2v) is 4.70. The third-order valence-electron chi connectivity index (χ3n) is 3.40. The molecule has 4 nitrogen and oxygen atoms in total. The van der Waals surface area contributed by atoms with E-state index in [-0.39, 0.29) is 5.78 Å². The van der Waals surface area contributed by atoms with Crippen LogP contribution >= 0.6 is 0 Å². The minimum Gasteiger partial charge on any atom is -0.367 e. The molecule has 4 rings (SSSR count). The highest BCUT2D eigenvalue weighted by Crippen LogP contribution is 2.35. The van der Waals surface area contributed by atoms with Gasteiger partial charge in [-0.05, 0) is 13.0 Å². The largest absolute Gasteiger partial charge is 0.367 e. The molecule has 2 aliphatic rings. The van der Waals surface area contributed by atoms with Crippen molar-refractivity contribution >= 4 is 22.4 Å². The number of hydrogen-bond donors (Lipinski definition) is 0. The van der Waals surface area contributed by atoms with E-state index in [1.165, 1.54) is 0 Å². The summed E-state index contributed by atoms with van der Waals surface area (Å²) in [6.07, 6.45) is 1.70. The van der Waals surface area contributed by atoms with Crippen LogP contribution < -0.4 is 0 Å². The molecule has 1 aromatic carbocycles. The summed E-state index contributed by atoms with van der Waals surface area (Å²) in [6.45, 7) is 3.87. The topological polar surface area (TPSA) is 45.9 Å². The predicted molar refractivity (Wildman–Crippen MR) is 68.2 cm³/mol. The number of aromatic nitrogens is 2. The Labute approximate surface area is 104 Å². The summed E-state index contributed by atoms with van der Waals surface area (Å²) in [5.41, 5.74) is 3.50. The van der Waals surface area contributed by atoms with Gasteiger partial charge in [0.25, 0.3) is 0 Å². The molecule has 2 aromatic rings. The Bertz CT molecular complexity index is 729. The average molecular weight is 237 g/mol. The lowest BCUT2D eigenvalue weighted by atomic mass is 9.96. The summed E-state index contributed by atoms with van der Waals surface area (Å²) >= 11 is 0. The van der Waals surface area contributed by atoms with E-state index < -0.39 is 0 Å². The molecule has 0 unspecified atom stereocenters. The normalized spacial score (nSPS) is 17.1. The third kappa shape index (κ3) is 1.23. The van der Waals surface area contributed by atoms with Crippen LogP contribution in [0, 0.1) is 6.92 Å². The van der Waals surface area contributed by atoms with E-state index in [1.54, 1.807) is 6.08 Å². The van der Waals surface area contributed by atoms with E-state index in [4.69, 9.17) is 0 Å². The summed E-state index contributed by atoms with van der Waals surface area (Å²) in [7, 11) is 0. The van der Waals surface area contributed by atoms with Crippen LogP contribution in [-0.4, -0.2) is 33.7 Å². The summed E-state index contributed by atoms with van der Waals surface area (Å²) in [4.78, 5) is 23.1. The van der Waals surface area contributed by atoms with Crippen molar-refractivity contribution in [3.8, 4) is 0 Å². The van der Waals surface area contributed by atoms with Gasteiger partial charge in [-0.25, -0.2) is 9.97 Å². The summed E-state index contributed by atoms with van der Waals surface area (Å²) in [6, 6.07) is 5.97. The monoisotopic (exact) mass is 237 g/mol. The van der Waals surface area contributed by atoms with Gasteiger partial charge in [-0.2, -0.15) is 0 Å². The van der Waals surface area contributed by atoms with E-state index in [1.807, 2.05) is 25.1 Å². The molecule has 1 aromatic heterocycles. The Morgan fingerprint density at radius 1 is 1.22 bits per heavy atom. The Morgan fingerprint density at radius 2 is 2.06 bits per heavy atom. The number of ketones is 1. The van der Waals surface area contributed by atoms with E-state index in [0.717, 1.165) is 35.3 Å². The van der Waals surface area contributed by atoms with Crippen molar-refractivity contribution in [2.75, 3.05) is 13.1 Å². The Balaban J connectivity index is 2.12. The number of carbonyl (C=O) groups excluding carboxylic acids is 1. The van der Waals surface area contributed by atoms with Crippen molar-refractivity contribution in [3.63, 3.8) is 0 Å². The van der Waals surface area contributed by atoms with E-state index >= 15 is 0 Å². The van der Waals surface area contributed by atoms with Crippen LogP contribution in [0.3, 0.4) is 0 Å². The molecule has 0 bridgehead atoms. The van der Waals surface area contributed by atoms with Gasteiger partial charge in [-0.1, -0.05) is 12.1 Å². The smallest absolute Gasteiger partial charge is 0.207 e. The van der Waals surface area contributed by atoms with Gasteiger partial charge in [-0.15, -0.1) is 0 Å². The number of benzene rings is 1. The van der Waals surface area contributed by atoms with Crippen molar-refractivity contribution in [3.05, 3.63) is 41.4 Å². The first-order valence-corrected chi connectivity index (χ1v) is 6.03. The zero-order valence-corrected chi connectivity index (χ0v) is 9.97. The molecule has 2 heterocycles. The molecule has 0 saturated carbocycles. The second-order valence-electron chi connectivity index (χ2n) is 4.70. The van der Waals surface area contributed by atoms with E-state index in [9.17, 15) is 4.79 Å². The Hall–Kier alpha value is -2.23. The number of aryl methyl sites for hydroxylation is 1. The molecule has 4 heteroatoms. The van der Waals surface area contributed by atoms with E-state index in [0.29, 0.717) is 11.5 Å². The molecular weight excluding hydrogens is 226 g/mol. The quantitative estimate of drug-likeness (QED) is 0.709. The number of rotatable bonds is 1. The number of allylic oxidation sites excluding steroid dienone is 1. The first-order chi connectivity index (χ1) is 8.74. The number of carbonyl (C=O) groups is 1. The van der Waals surface area contributed by atoms with Crippen LogP contribution in [-0.2, 0) is 0 Å². The lowest BCUT2D eigenvalue weighted by Crippen LogP contribution is -2.13. The molecule has 18 heavy (non-hydrogen) atoms. The highest BCUT2D eigenvalue weighted by Gasteiger charge is 2.29. The summed E-state index contributed by atoms with van der Waals surface area (Å²) in [5.74, 6) is 0.637. The maximum atomic E-state index is 12.2. The van der Waals surface area contributed by atoms with E-state index in [2.05, 4.69) is 14.9 Å². The van der Waals surface area contributed by atoms with Gasteiger partial charge >= 0.3 is 0 Å². The lowest BCUT2D eigenvalue weighted by molar-refractivity contribution is 0.104. The summed E-state index contributed by atoms with van der Waals surface area (Å²) < 4.78 is 0. The highest BCUT2D eigenvalue weighted by molar-refractivity contribution is 6.20. The molecule has 1 fully saturated rings. The zero-order chi connectivity index (χ0) is 12.3. The average Bonchev–Trinajstić information content (AvgIpc) is 3.17. The standard InChI is InChI=1S/C14H11N3O/c1-8-15-10-4-2-3-9-11(17-5-6-17)7-12(18)14(16-8)13(9)10/h2-4,7H,5-6H2,1H3. The molecule has 88 valence electrons. The maximum absolute atomic E-state index is 12.2. The fraction of sp³-hybridized carbons (Fsp3) is 0.214. The maximum Gasteiger partial charge on any atom is 0.207 e. The highest BCUT2D eigenvalue weighted by atomic mass is 16.1. The fourth-order valence-electron chi connectivity index (χ4n) is 2.51. The minimum atomic E-state index is -0.00824. The zero-order valence-electron chi connectivity index (χ0n) is 9.97. The number of nitrogens with zero attached hydrogens (tertiary/aromatic N) is 3. The third-order valence-corrected chi connectivity index (χ3v) is 3.40. The van der Waals surface area contributed by atoms with Gasteiger partial charge in [0.15, 0.2) is 0 Å². The predicted octanol–water partition coefficient (Wildman–Crippen LogP) is 1.79. The van der Waals surface area contributed by atoms with Crippen LogP contribution in [0.2, 0.25) is 0 Å². The van der Waals surface area contributed by atoms with Crippen LogP contribution in [0.4, 0.5) is 0 Å². The van der Waals surface area contributed by atoms with Crippen molar-refractivity contribution in [2.24, 2.45) is 0 Å². The van der Waals surface area contributed by atoms with Gasteiger partial charge < -0.3 is 4.90 Å². The first-order valence-electron chi connectivity index (χ1n) is 6.03. The molecule has 1 saturated heterocycles. The van der Waals surface area contributed by atoms with Gasteiger partial charge in [0.2, 0.25) is 5.78 Å². The molecule has 0 amide bonds. The summed E-state index contributed by atoms with van der Waals surface area (Å²) in [5, 5.41) is 0.900. The van der Waals surface area contributed by atoms with Gasteiger partial charge in [0, 0.05) is 35.8 Å². The molecule has 0 radical (unpaired) electrons. The molecule has 0 atom stereocenters. The Morgan fingerprint density at radius 3 is 2.83 bits per heavy atom. The molecular formula is C14H11N3O. The minimum absolute atomic E-state index is 0.00824. The molecule has 0 N–H and O–H groups in total. The second kappa shape index (κ2) is 3.16. The van der Waals surface area contributed by atoms with Crippen LogP contribution in [0.15, 0.2) is 24.3 Å². The molecule has 1 aliphatic heterocycles. The van der Waals surface area contributed by atoms with Gasteiger partial charge in [-0.3, -0.25) is 4.79 Å². The van der Waals surface area contributed by atoms with Crippen LogP contribution in [0.1, 0.15) is 21.9 Å². The first kappa shape index (κ1) is 9.76. The molecule has 1 aliphatic carbocycles. The lowest BCUT2D eigenvalue weighted by Gasteiger charge is -2.18. The Kier molecular flexibility index (Phi) is 1.71. The van der Waals surface area contributed by atoms with Crippen molar-refractivity contribution in [2.45, 2.75) is 6.92 Å². The van der Waals surface area contributed by atoms with Crippen LogP contribution in [0.25, 0.3) is 16.6 Å².